The number of aryl methyl sites for hydroxylation is 5. The van der Waals surface area contributed by atoms with E-state index >= 15 is 0 Å². The summed E-state index contributed by atoms with van der Waals surface area (Å²) < 4.78 is 0. The SMILES string of the molecule is Cc1ccc(C(=O)N2CCN(c3nc(CCc4ccccc4)nc4sc(C)c(C)c34)CC2)cc1[N+](=O)[O-]. The molecule has 1 aliphatic heterocycles. The molecule has 4 aromatic rings. The fraction of sp³-hybridized carbons (Fsp3) is 0.321. The number of piperazine rings is 1. The van der Waals surface area contributed by atoms with Crippen LogP contribution in [0.25, 0.3) is 10.2 Å². The van der Waals surface area contributed by atoms with Crippen molar-refractivity contribution in [1.82, 2.24) is 14.9 Å². The van der Waals surface area contributed by atoms with Crippen LogP contribution in [0.2, 0.25) is 0 Å². The fourth-order valence-electron chi connectivity index (χ4n) is 4.76. The van der Waals surface area contributed by atoms with Crippen LogP contribution in [0, 0.1) is 30.9 Å². The molecule has 5 rings (SSSR count). The van der Waals surface area contributed by atoms with Crippen molar-refractivity contribution in [3.8, 4) is 0 Å². The topological polar surface area (TPSA) is 92.5 Å². The van der Waals surface area contributed by atoms with Crippen molar-refractivity contribution in [1.29, 1.82) is 0 Å². The first-order valence-electron chi connectivity index (χ1n) is 12.4. The molecule has 0 atom stereocenters. The highest BCUT2D eigenvalue weighted by Gasteiger charge is 2.27. The van der Waals surface area contributed by atoms with Gasteiger partial charge in [-0.05, 0) is 44.4 Å². The number of nitro benzene ring substituents is 1. The van der Waals surface area contributed by atoms with Crippen molar-refractivity contribution < 1.29 is 9.72 Å². The first-order valence-corrected chi connectivity index (χ1v) is 13.2. The van der Waals surface area contributed by atoms with Crippen LogP contribution in [0.3, 0.4) is 0 Å². The number of fused-ring (bicyclic) bond motifs is 1. The molecule has 3 heterocycles. The molecule has 1 saturated heterocycles. The quantitative estimate of drug-likeness (QED) is 0.257. The average molecular weight is 516 g/mol. The van der Waals surface area contributed by atoms with Gasteiger partial charge in [-0.1, -0.05) is 36.4 Å². The molecule has 1 fully saturated rings. The monoisotopic (exact) mass is 515 g/mol. The van der Waals surface area contributed by atoms with Gasteiger partial charge in [0.1, 0.15) is 16.5 Å². The number of amides is 1. The van der Waals surface area contributed by atoms with E-state index in [2.05, 4.69) is 30.9 Å². The van der Waals surface area contributed by atoms with Crippen LogP contribution in [-0.4, -0.2) is 51.9 Å². The van der Waals surface area contributed by atoms with Gasteiger partial charge in [0.25, 0.3) is 11.6 Å². The summed E-state index contributed by atoms with van der Waals surface area (Å²) in [4.78, 5) is 40.2. The maximum absolute atomic E-state index is 13.1. The van der Waals surface area contributed by atoms with Crippen molar-refractivity contribution in [2.24, 2.45) is 0 Å². The Balaban J connectivity index is 1.36. The smallest absolute Gasteiger partial charge is 0.273 e. The molecule has 8 nitrogen and oxygen atoms in total. The number of carbonyl (C=O) groups is 1. The number of hydrogen-bond donors (Lipinski definition) is 0. The number of hydrogen-bond acceptors (Lipinski definition) is 7. The van der Waals surface area contributed by atoms with E-state index in [-0.39, 0.29) is 11.6 Å². The molecule has 0 radical (unpaired) electrons. The van der Waals surface area contributed by atoms with Crippen molar-refractivity contribution >= 4 is 39.0 Å². The molecule has 0 saturated carbocycles. The number of carbonyl (C=O) groups excluding carboxylic acids is 1. The molecule has 0 spiro atoms. The summed E-state index contributed by atoms with van der Waals surface area (Å²) in [5, 5.41) is 12.4. The van der Waals surface area contributed by atoms with Gasteiger partial charge in [0, 0.05) is 54.7 Å². The summed E-state index contributed by atoms with van der Waals surface area (Å²) in [6.07, 6.45) is 1.63. The Hall–Kier alpha value is -3.85. The van der Waals surface area contributed by atoms with E-state index in [1.807, 2.05) is 18.2 Å². The largest absolute Gasteiger partial charge is 0.352 e. The second-order valence-corrected chi connectivity index (χ2v) is 10.7. The van der Waals surface area contributed by atoms with Crippen molar-refractivity contribution in [3.05, 3.63) is 91.6 Å². The lowest BCUT2D eigenvalue weighted by atomic mass is 10.1. The van der Waals surface area contributed by atoms with Gasteiger partial charge >= 0.3 is 0 Å². The number of rotatable bonds is 6. The molecule has 2 aromatic carbocycles. The van der Waals surface area contributed by atoms with Gasteiger partial charge in [0.05, 0.1) is 10.3 Å². The highest BCUT2D eigenvalue weighted by Crippen LogP contribution is 2.35. The highest BCUT2D eigenvalue weighted by molar-refractivity contribution is 7.18. The van der Waals surface area contributed by atoms with Crippen molar-refractivity contribution in [3.63, 3.8) is 0 Å². The van der Waals surface area contributed by atoms with E-state index in [9.17, 15) is 14.9 Å². The minimum absolute atomic E-state index is 0.0285. The number of thiophene rings is 1. The molecule has 1 aliphatic rings. The summed E-state index contributed by atoms with van der Waals surface area (Å²) in [7, 11) is 0. The first-order chi connectivity index (χ1) is 17.8. The molecule has 2 aromatic heterocycles. The average Bonchev–Trinajstić information content (AvgIpc) is 3.20. The molecule has 1 amide bonds. The number of anilines is 1. The first kappa shape index (κ1) is 24.8. The van der Waals surface area contributed by atoms with Crippen molar-refractivity contribution in [2.75, 3.05) is 31.1 Å². The molecule has 9 heteroatoms. The standard InChI is InChI=1S/C28H29N5O3S/c1-18-9-11-22(17-23(18)33(35)36)28(34)32-15-13-31(14-16-32)26-25-19(2)20(3)37-27(25)30-24(29-26)12-10-21-7-5-4-6-8-21/h4-9,11,17H,10,12-16H2,1-3H3. The molecule has 0 bridgehead atoms. The van der Waals surface area contributed by atoms with E-state index < -0.39 is 4.92 Å². The molecule has 0 aliphatic carbocycles. The third-order valence-corrected chi connectivity index (χ3v) is 8.16. The maximum atomic E-state index is 13.1. The van der Waals surface area contributed by atoms with Gasteiger partial charge in [-0.15, -0.1) is 11.3 Å². The Morgan fingerprint density at radius 1 is 1.00 bits per heavy atom. The molecule has 0 unspecified atom stereocenters. The summed E-state index contributed by atoms with van der Waals surface area (Å²) >= 11 is 1.70. The van der Waals surface area contributed by atoms with E-state index in [0.717, 1.165) is 34.7 Å². The van der Waals surface area contributed by atoms with E-state index in [1.165, 1.54) is 22.1 Å². The predicted octanol–water partition coefficient (Wildman–Crippen LogP) is 5.27. The van der Waals surface area contributed by atoms with Gasteiger partial charge in [-0.25, -0.2) is 9.97 Å². The second kappa shape index (κ2) is 10.3. The third kappa shape index (κ3) is 5.04. The minimum atomic E-state index is -0.440. The van der Waals surface area contributed by atoms with Crippen LogP contribution in [0.5, 0.6) is 0 Å². The molecular formula is C28H29N5O3S. The molecule has 190 valence electrons. The van der Waals surface area contributed by atoms with E-state index in [1.54, 1.807) is 35.3 Å². The van der Waals surface area contributed by atoms with Crippen LogP contribution < -0.4 is 4.90 Å². The Morgan fingerprint density at radius 3 is 2.43 bits per heavy atom. The van der Waals surface area contributed by atoms with Crippen LogP contribution in [0.1, 0.15) is 37.7 Å². The Bertz CT molecular complexity index is 1480. The van der Waals surface area contributed by atoms with Crippen LogP contribution in [-0.2, 0) is 12.8 Å². The molecular weight excluding hydrogens is 486 g/mol. The third-order valence-electron chi connectivity index (χ3n) is 7.06. The van der Waals surface area contributed by atoms with E-state index in [4.69, 9.17) is 9.97 Å². The van der Waals surface area contributed by atoms with Crippen LogP contribution >= 0.6 is 11.3 Å². The number of aromatic nitrogens is 2. The summed E-state index contributed by atoms with van der Waals surface area (Å²) in [5.74, 6) is 1.59. The van der Waals surface area contributed by atoms with Gasteiger partial charge < -0.3 is 9.80 Å². The molecule has 0 N–H and O–H groups in total. The summed E-state index contributed by atoms with van der Waals surface area (Å²) in [5.41, 5.74) is 3.33. The van der Waals surface area contributed by atoms with E-state index in [0.29, 0.717) is 37.3 Å². The number of benzene rings is 2. The number of nitrogens with zero attached hydrogens (tertiary/aromatic N) is 5. The Morgan fingerprint density at radius 2 is 1.73 bits per heavy atom. The fourth-order valence-corrected chi connectivity index (χ4v) is 5.80. The predicted molar refractivity (Wildman–Crippen MR) is 147 cm³/mol. The highest BCUT2D eigenvalue weighted by atomic mass is 32.1. The Kier molecular flexibility index (Phi) is 6.88. The maximum Gasteiger partial charge on any atom is 0.273 e. The van der Waals surface area contributed by atoms with Crippen LogP contribution in [0.4, 0.5) is 11.5 Å². The van der Waals surface area contributed by atoms with Gasteiger partial charge in [-0.3, -0.25) is 14.9 Å². The van der Waals surface area contributed by atoms with Gasteiger partial charge in [0.15, 0.2) is 0 Å². The zero-order valence-electron chi connectivity index (χ0n) is 21.2. The summed E-state index contributed by atoms with van der Waals surface area (Å²) in [6, 6.07) is 15.0. The van der Waals surface area contributed by atoms with Gasteiger partial charge in [-0.2, -0.15) is 0 Å². The lowest BCUT2D eigenvalue weighted by Crippen LogP contribution is -2.49. The number of nitro groups is 1. The Labute approximate surface area is 219 Å². The lowest BCUT2D eigenvalue weighted by Gasteiger charge is -2.36. The van der Waals surface area contributed by atoms with Crippen LogP contribution in [0.15, 0.2) is 48.5 Å². The minimum Gasteiger partial charge on any atom is -0.352 e. The summed E-state index contributed by atoms with van der Waals surface area (Å²) in [6.45, 7) is 8.23. The zero-order chi connectivity index (χ0) is 26.1. The second-order valence-electron chi connectivity index (χ2n) is 9.45. The lowest BCUT2D eigenvalue weighted by molar-refractivity contribution is -0.385. The normalized spacial score (nSPS) is 13.8. The molecule has 37 heavy (non-hydrogen) atoms. The van der Waals surface area contributed by atoms with Crippen molar-refractivity contribution in [2.45, 2.75) is 33.6 Å². The van der Waals surface area contributed by atoms with Gasteiger partial charge in [0.2, 0.25) is 0 Å². The zero-order valence-corrected chi connectivity index (χ0v) is 22.0.